The van der Waals surface area contributed by atoms with Crippen molar-refractivity contribution >= 4 is 17.8 Å². The van der Waals surface area contributed by atoms with E-state index in [1.165, 1.54) is 0 Å². The first-order valence-electron chi connectivity index (χ1n) is 20.4. The molecule has 0 aromatic rings. The van der Waals surface area contributed by atoms with E-state index < -0.39 is 179 Å². The van der Waals surface area contributed by atoms with E-state index in [1.54, 1.807) is 0 Å². The summed E-state index contributed by atoms with van der Waals surface area (Å²) in [5.41, 5.74) is 5.54. The third-order valence-corrected chi connectivity index (χ3v) is 11.1. The van der Waals surface area contributed by atoms with Crippen molar-refractivity contribution < 1.29 is 119 Å². The largest absolute Gasteiger partial charge is 0.477 e. The van der Waals surface area contributed by atoms with Crippen molar-refractivity contribution in [3.63, 3.8) is 0 Å². The maximum atomic E-state index is 12.9. The van der Waals surface area contributed by atoms with Crippen LogP contribution in [-0.4, -0.2) is 252 Å². The fourth-order valence-electron chi connectivity index (χ4n) is 7.68. The predicted molar refractivity (Wildman–Crippen MR) is 201 cm³/mol. The second-order valence-corrected chi connectivity index (χ2v) is 15.8. The van der Waals surface area contributed by atoms with Gasteiger partial charge < -0.3 is 121 Å². The highest BCUT2D eigenvalue weighted by Crippen LogP contribution is 2.37. The minimum absolute atomic E-state index is 0.0300. The number of carboxylic acids is 1. The maximum absolute atomic E-state index is 12.9. The molecule has 0 aromatic heterocycles. The Hall–Kier alpha value is -2.43. The highest BCUT2D eigenvalue weighted by Gasteiger charge is 2.58. The first-order valence-corrected chi connectivity index (χ1v) is 20.4. The lowest BCUT2D eigenvalue weighted by molar-refractivity contribution is -0.372. The summed E-state index contributed by atoms with van der Waals surface area (Å²) in [6.45, 7) is -1.39. The van der Waals surface area contributed by atoms with Crippen LogP contribution in [0.2, 0.25) is 0 Å². The van der Waals surface area contributed by atoms with Crippen LogP contribution in [0.1, 0.15) is 39.5 Å². The molecule has 0 aromatic carbocycles. The zero-order valence-corrected chi connectivity index (χ0v) is 34.5. The summed E-state index contributed by atoms with van der Waals surface area (Å²) in [5.74, 6) is -6.53. The Bertz CT molecular complexity index is 1460. The van der Waals surface area contributed by atoms with E-state index in [-0.39, 0.29) is 6.61 Å². The molecule has 17 N–H and O–H groups in total. The minimum atomic E-state index is -2.98. The number of carbonyl (C=O) groups is 3. The molecule has 0 saturated carbocycles. The lowest BCUT2D eigenvalue weighted by atomic mass is 9.88. The van der Waals surface area contributed by atoms with Gasteiger partial charge in [-0.05, 0) is 25.8 Å². The van der Waals surface area contributed by atoms with Gasteiger partial charge in [0.25, 0.3) is 5.79 Å². The lowest BCUT2D eigenvalue weighted by Gasteiger charge is -2.50. The highest BCUT2D eigenvalue weighted by molar-refractivity contribution is 5.76. The molecular formula is C36H63N3O24. The van der Waals surface area contributed by atoms with E-state index >= 15 is 0 Å². The van der Waals surface area contributed by atoms with Crippen molar-refractivity contribution in [3.8, 4) is 0 Å². The molecule has 27 nitrogen and oxygen atoms in total. The van der Waals surface area contributed by atoms with Gasteiger partial charge in [-0.25, -0.2) is 4.79 Å². The van der Waals surface area contributed by atoms with Gasteiger partial charge in [0.2, 0.25) is 11.8 Å². The topological polar surface area (TPSA) is 438 Å². The van der Waals surface area contributed by atoms with Gasteiger partial charge in [0.05, 0.1) is 38.6 Å². The number of carboxylic acid groups (broad SMARTS) is 1. The molecule has 21 atom stereocenters. The van der Waals surface area contributed by atoms with E-state index in [0.29, 0.717) is 25.8 Å². The highest BCUT2D eigenvalue weighted by atomic mass is 16.8. The number of hydrogen-bond acceptors (Lipinski definition) is 24. The zero-order chi connectivity index (χ0) is 46.9. The van der Waals surface area contributed by atoms with Crippen LogP contribution < -0.4 is 16.4 Å². The number of aliphatic carboxylic acids is 1. The Morgan fingerprint density at radius 1 is 0.714 bits per heavy atom. The molecule has 4 aliphatic heterocycles. The van der Waals surface area contributed by atoms with Crippen LogP contribution >= 0.6 is 0 Å². The number of aliphatic hydroxyl groups is 12. The van der Waals surface area contributed by atoms with Gasteiger partial charge in [0.15, 0.2) is 18.9 Å². The molecule has 0 spiro atoms. The third-order valence-electron chi connectivity index (χ3n) is 11.1. The van der Waals surface area contributed by atoms with E-state index in [4.69, 9.17) is 43.6 Å². The van der Waals surface area contributed by atoms with E-state index in [9.17, 15) is 80.8 Å². The van der Waals surface area contributed by atoms with Crippen LogP contribution in [0, 0.1) is 0 Å². The number of unbranched alkanes of at least 4 members (excludes halogenated alkanes) is 2. The Morgan fingerprint density at radius 3 is 1.87 bits per heavy atom. The summed E-state index contributed by atoms with van der Waals surface area (Å²) in [6.07, 6.45) is -33.1. The molecule has 366 valence electrons. The number of amides is 2. The number of nitrogens with one attached hydrogen (secondary N) is 2. The summed E-state index contributed by atoms with van der Waals surface area (Å²) >= 11 is 0. The number of hydrogen-bond donors (Lipinski definition) is 16. The number of nitrogens with two attached hydrogens (primary N) is 1. The summed E-state index contributed by atoms with van der Waals surface area (Å²) in [4.78, 5) is 37.6. The van der Waals surface area contributed by atoms with Gasteiger partial charge >= 0.3 is 5.97 Å². The normalized spacial score (nSPS) is 42.0. The fourth-order valence-corrected chi connectivity index (χ4v) is 7.68. The van der Waals surface area contributed by atoms with Crippen LogP contribution in [-0.2, 0) is 52.3 Å². The van der Waals surface area contributed by atoms with Gasteiger partial charge in [-0.1, -0.05) is 0 Å². The number of carbonyl (C=O) groups excluding carboxylic acids is 2. The number of rotatable bonds is 21. The van der Waals surface area contributed by atoms with E-state index in [0.717, 1.165) is 13.8 Å². The zero-order valence-electron chi connectivity index (χ0n) is 34.5. The predicted octanol–water partition coefficient (Wildman–Crippen LogP) is -9.10. The van der Waals surface area contributed by atoms with Crippen LogP contribution in [0.4, 0.5) is 0 Å². The molecule has 63 heavy (non-hydrogen) atoms. The van der Waals surface area contributed by atoms with Crippen LogP contribution in [0.15, 0.2) is 0 Å². The molecule has 2 amide bonds. The van der Waals surface area contributed by atoms with Gasteiger partial charge in [0.1, 0.15) is 91.5 Å². The van der Waals surface area contributed by atoms with Crippen molar-refractivity contribution in [2.24, 2.45) is 5.73 Å². The van der Waals surface area contributed by atoms with E-state index in [1.807, 2.05) is 0 Å². The molecule has 4 aliphatic rings. The SMILES string of the molecule is CC(=O)NC1C(O[C@@H]2OC(CO)[C@H](O)C(O)[C@@H]2O)[C@H](O)C(CO[C@]2(C(=O)O)C[C@@H](O)[C@@H](NC(C)=O)C([C@H](O)[C@H](O)CO)O2)O[C@H]1OC1C(O)[C@H](OCCCCCN)OC(CO)[C@@H]1O. The standard InChI is InChI=1S/C36H63N3O24/c1-13(43)38-20-15(45)8-36(35(54)55,63-30(20)22(47)16(46)9-40)57-12-19-25(50)29(61-34-27(52)26(51)23(48)17(10-41)59-34)21(39-14(2)44)32(60-19)62-31-24(49)18(11-42)58-33(28(31)53)56-7-5-3-4-6-37/h15-34,40-42,45-53H,3-12,37H2,1-2H3,(H,38,43)(H,39,44)(H,54,55)/t15-,16-,17?,18?,19?,20-,21?,22-,23+,24+,25-,26?,27+,28?,29?,30?,31?,32+,33-,34+,36-/m1/s1. The molecule has 0 aliphatic carbocycles. The van der Waals surface area contributed by atoms with Gasteiger partial charge in [0, 0.05) is 26.9 Å². The average Bonchev–Trinajstić information content (AvgIpc) is 3.24. The molecule has 0 bridgehead atoms. The lowest BCUT2D eigenvalue weighted by Crippen LogP contribution is -2.70. The molecule has 4 fully saturated rings. The van der Waals surface area contributed by atoms with Crippen LogP contribution in [0.3, 0.4) is 0 Å². The van der Waals surface area contributed by atoms with Crippen molar-refractivity contribution in [2.75, 3.05) is 39.6 Å². The van der Waals surface area contributed by atoms with Gasteiger partial charge in [-0.2, -0.15) is 0 Å². The minimum Gasteiger partial charge on any atom is -0.477 e. The Morgan fingerprint density at radius 2 is 1.29 bits per heavy atom. The molecule has 0 radical (unpaired) electrons. The van der Waals surface area contributed by atoms with Crippen molar-refractivity contribution in [1.82, 2.24) is 10.6 Å². The van der Waals surface area contributed by atoms with E-state index in [2.05, 4.69) is 10.6 Å². The molecule has 4 heterocycles. The molecular weight excluding hydrogens is 858 g/mol. The number of ether oxygens (including phenoxy) is 8. The second kappa shape index (κ2) is 23.8. The average molecular weight is 922 g/mol. The molecule has 9 unspecified atom stereocenters. The van der Waals surface area contributed by atoms with Crippen molar-refractivity contribution in [1.29, 1.82) is 0 Å². The Labute approximate surface area is 360 Å². The van der Waals surface area contributed by atoms with Gasteiger partial charge in [-0.15, -0.1) is 0 Å². The summed E-state index contributed by atoms with van der Waals surface area (Å²) in [6, 6.07) is -3.32. The van der Waals surface area contributed by atoms with Crippen molar-refractivity contribution in [2.45, 2.75) is 168 Å². The summed E-state index contributed by atoms with van der Waals surface area (Å²) < 4.78 is 46.1. The third kappa shape index (κ3) is 12.7. The van der Waals surface area contributed by atoms with Crippen LogP contribution in [0.25, 0.3) is 0 Å². The number of aliphatic hydroxyl groups excluding tert-OH is 12. The quantitative estimate of drug-likeness (QED) is 0.0475. The summed E-state index contributed by atoms with van der Waals surface area (Å²) in [7, 11) is 0. The Kier molecular flexibility index (Phi) is 20.1. The second-order valence-electron chi connectivity index (χ2n) is 15.8. The molecule has 4 rings (SSSR count). The van der Waals surface area contributed by atoms with Gasteiger partial charge in [-0.3, -0.25) is 9.59 Å². The molecule has 4 saturated heterocycles. The molecule has 27 heteroatoms. The van der Waals surface area contributed by atoms with Crippen LogP contribution in [0.5, 0.6) is 0 Å². The maximum Gasteiger partial charge on any atom is 0.364 e. The first kappa shape index (κ1) is 53.2. The van der Waals surface area contributed by atoms with Crippen molar-refractivity contribution in [3.05, 3.63) is 0 Å². The smallest absolute Gasteiger partial charge is 0.364 e. The fraction of sp³-hybridized carbons (Fsp3) is 0.917. The monoisotopic (exact) mass is 921 g/mol. The Balaban J connectivity index is 1.73. The summed E-state index contributed by atoms with van der Waals surface area (Å²) in [5, 5.41) is 143. The first-order chi connectivity index (χ1) is 29.7.